The van der Waals surface area contributed by atoms with E-state index in [2.05, 4.69) is 37.9 Å². The van der Waals surface area contributed by atoms with Gasteiger partial charge in [0.1, 0.15) is 5.82 Å². The molecule has 2 fully saturated rings. The van der Waals surface area contributed by atoms with E-state index in [-0.39, 0.29) is 22.4 Å². The van der Waals surface area contributed by atoms with Crippen molar-refractivity contribution in [3.8, 4) is 0 Å². The molecular formula is C18H25FN2O. The number of halogens is 1. The van der Waals surface area contributed by atoms with E-state index in [1.54, 1.807) is 12.1 Å². The van der Waals surface area contributed by atoms with Crippen molar-refractivity contribution < 1.29 is 9.18 Å². The number of benzene rings is 1. The van der Waals surface area contributed by atoms with Gasteiger partial charge >= 0.3 is 0 Å². The van der Waals surface area contributed by atoms with Gasteiger partial charge in [0, 0.05) is 29.6 Å². The van der Waals surface area contributed by atoms with E-state index < -0.39 is 5.82 Å². The second-order valence-electron chi connectivity index (χ2n) is 7.88. The minimum Gasteiger partial charge on any atom is -0.351 e. The molecular weight excluding hydrogens is 279 g/mol. The lowest BCUT2D eigenvalue weighted by molar-refractivity contribution is 0.0940. The van der Waals surface area contributed by atoms with E-state index in [0.717, 1.165) is 12.8 Å². The van der Waals surface area contributed by atoms with Crippen LogP contribution in [-0.2, 0) is 0 Å². The topological polar surface area (TPSA) is 32.3 Å². The standard InChI is InChI=1S/C18H25FN2O/c1-12-9-18(10-15(18)21(12)17(2,3)4)11-20-16(22)13-7-5-6-8-14(13)19/h5-8,12,15H,9-11H2,1-4H3,(H,20,22)/t12-,15-,18+/m1/s1. The molecule has 1 amide bonds. The van der Waals surface area contributed by atoms with Gasteiger partial charge in [-0.3, -0.25) is 9.69 Å². The molecule has 0 aromatic heterocycles. The van der Waals surface area contributed by atoms with Gasteiger partial charge in [-0.25, -0.2) is 4.39 Å². The number of hydrogen-bond donors (Lipinski definition) is 1. The predicted octanol–water partition coefficient (Wildman–Crippen LogP) is 3.21. The van der Waals surface area contributed by atoms with Gasteiger partial charge in [0.25, 0.3) is 5.91 Å². The average molecular weight is 304 g/mol. The fourth-order valence-electron chi connectivity index (χ4n) is 4.32. The molecule has 1 heterocycles. The summed E-state index contributed by atoms with van der Waals surface area (Å²) in [6.45, 7) is 9.64. The minimum absolute atomic E-state index is 0.134. The third-order valence-corrected chi connectivity index (χ3v) is 5.15. The molecule has 2 aliphatic rings. The van der Waals surface area contributed by atoms with Crippen molar-refractivity contribution >= 4 is 5.91 Å². The highest BCUT2D eigenvalue weighted by Gasteiger charge is 2.65. The molecule has 1 aromatic rings. The summed E-state index contributed by atoms with van der Waals surface area (Å²) in [5.74, 6) is -0.763. The second kappa shape index (κ2) is 5.05. The molecule has 1 aliphatic heterocycles. The Morgan fingerprint density at radius 3 is 2.64 bits per heavy atom. The molecule has 1 aromatic carbocycles. The summed E-state index contributed by atoms with van der Waals surface area (Å²) >= 11 is 0. The molecule has 0 bridgehead atoms. The molecule has 22 heavy (non-hydrogen) atoms. The number of nitrogens with zero attached hydrogens (tertiary/aromatic N) is 1. The molecule has 0 spiro atoms. The number of nitrogens with one attached hydrogen (secondary N) is 1. The first-order valence-corrected chi connectivity index (χ1v) is 8.06. The normalized spacial score (nSPS) is 31.0. The Kier molecular flexibility index (Phi) is 3.55. The molecule has 0 radical (unpaired) electrons. The smallest absolute Gasteiger partial charge is 0.254 e. The van der Waals surface area contributed by atoms with Crippen LogP contribution in [0.1, 0.15) is 50.9 Å². The number of piperidine rings is 1. The fraction of sp³-hybridized carbons (Fsp3) is 0.611. The SMILES string of the molecule is C[C@@H]1C[C@@]2(CNC(=O)c3ccccc3F)C[C@H]2N1C(C)(C)C. The predicted molar refractivity (Wildman–Crippen MR) is 85.2 cm³/mol. The van der Waals surface area contributed by atoms with Gasteiger partial charge in [0.05, 0.1) is 5.56 Å². The maximum absolute atomic E-state index is 13.7. The lowest BCUT2D eigenvalue weighted by Gasteiger charge is -2.37. The van der Waals surface area contributed by atoms with Crippen LogP contribution in [-0.4, -0.2) is 35.0 Å². The van der Waals surface area contributed by atoms with E-state index in [4.69, 9.17) is 0 Å². The Labute approximate surface area is 131 Å². The van der Waals surface area contributed by atoms with Crippen molar-refractivity contribution in [1.82, 2.24) is 10.2 Å². The Hall–Kier alpha value is -1.42. The maximum Gasteiger partial charge on any atom is 0.254 e. The Morgan fingerprint density at radius 2 is 2.05 bits per heavy atom. The molecule has 1 N–H and O–H groups in total. The largest absolute Gasteiger partial charge is 0.351 e. The molecule has 3 atom stereocenters. The van der Waals surface area contributed by atoms with Crippen LogP contribution in [0, 0.1) is 11.2 Å². The number of likely N-dealkylation sites (tertiary alicyclic amines) is 1. The van der Waals surface area contributed by atoms with Crippen LogP contribution in [0.25, 0.3) is 0 Å². The fourth-order valence-corrected chi connectivity index (χ4v) is 4.32. The Balaban J connectivity index is 1.65. The first-order valence-electron chi connectivity index (χ1n) is 8.06. The summed E-state index contributed by atoms with van der Waals surface area (Å²) in [7, 11) is 0. The number of fused-ring (bicyclic) bond motifs is 1. The summed E-state index contributed by atoms with van der Waals surface area (Å²) in [5, 5.41) is 2.95. The second-order valence-corrected chi connectivity index (χ2v) is 7.88. The van der Waals surface area contributed by atoms with E-state index in [1.807, 2.05) is 0 Å². The summed E-state index contributed by atoms with van der Waals surface area (Å²) in [6.07, 6.45) is 2.23. The van der Waals surface area contributed by atoms with Crippen LogP contribution < -0.4 is 5.32 Å². The van der Waals surface area contributed by atoms with Gasteiger partial charge in [-0.1, -0.05) is 12.1 Å². The highest BCUT2D eigenvalue weighted by Crippen LogP contribution is 2.60. The first-order chi connectivity index (χ1) is 10.2. The van der Waals surface area contributed by atoms with Gasteiger partial charge in [0.2, 0.25) is 0 Å². The van der Waals surface area contributed by atoms with Crippen LogP contribution >= 0.6 is 0 Å². The lowest BCUT2D eigenvalue weighted by Crippen LogP contribution is -2.45. The summed E-state index contributed by atoms with van der Waals surface area (Å²) in [5.41, 5.74) is 0.473. The van der Waals surface area contributed by atoms with Gasteiger partial charge < -0.3 is 5.32 Å². The van der Waals surface area contributed by atoms with Crippen molar-refractivity contribution in [3.63, 3.8) is 0 Å². The van der Waals surface area contributed by atoms with Crippen LogP contribution in [0.2, 0.25) is 0 Å². The number of carbonyl (C=O) groups excluding carboxylic acids is 1. The van der Waals surface area contributed by atoms with E-state index in [0.29, 0.717) is 18.6 Å². The average Bonchev–Trinajstić information content (AvgIpc) is 3.00. The third kappa shape index (κ3) is 2.54. The first kappa shape index (κ1) is 15.5. The molecule has 1 saturated heterocycles. The monoisotopic (exact) mass is 304 g/mol. The summed E-state index contributed by atoms with van der Waals surface area (Å²) < 4.78 is 13.7. The van der Waals surface area contributed by atoms with Gasteiger partial charge in [0.15, 0.2) is 0 Å². The van der Waals surface area contributed by atoms with Crippen molar-refractivity contribution in [2.24, 2.45) is 5.41 Å². The molecule has 1 saturated carbocycles. The maximum atomic E-state index is 13.7. The number of rotatable bonds is 3. The number of hydrogen-bond acceptors (Lipinski definition) is 2. The van der Waals surface area contributed by atoms with Crippen molar-refractivity contribution in [2.45, 2.75) is 58.2 Å². The van der Waals surface area contributed by atoms with E-state index in [1.165, 1.54) is 12.1 Å². The molecule has 3 nitrogen and oxygen atoms in total. The zero-order valence-corrected chi connectivity index (χ0v) is 13.8. The van der Waals surface area contributed by atoms with Gasteiger partial charge in [-0.05, 0) is 52.7 Å². The highest BCUT2D eigenvalue weighted by molar-refractivity contribution is 5.94. The van der Waals surface area contributed by atoms with Crippen LogP contribution in [0.15, 0.2) is 24.3 Å². The highest BCUT2D eigenvalue weighted by atomic mass is 19.1. The van der Waals surface area contributed by atoms with Crippen molar-refractivity contribution in [1.29, 1.82) is 0 Å². The van der Waals surface area contributed by atoms with Crippen molar-refractivity contribution in [2.75, 3.05) is 6.54 Å². The lowest BCUT2D eigenvalue weighted by atomic mass is 9.99. The zero-order chi connectivity index (χ0) is 16.1. The molecule has 0 unspecified atom stereocenters. The Morgan fingerprint density at radius 1 is 1.36 bits per heavy atom. The zero-order valence-electron chi connectivity index (χ0n) is 13.8. The quantitative estimate of drug-likeness (QED) is 0.930. The number of carbonyl (C=O) groups is 1. The minimum atomic E-state index is -0.457. The number of amides is 1. The molecule has 3 rings (SSSR count). The van der Waals surface area contributed by atoms with Crippen molar-refractivity contribution in [3.05, 3.63) is 35.6 Å². The third-order valence-electron chi connectivity index (χ3n) is 5.15. The molecule has 120 valence electrons. The van der Waals surface area contributed by atoms with E-state index in [9.17, 15) is 9.18 Å². The van der Waals surface area contributed by atoms with Gasteiger partial charge in [-0.2, -0.15) is 0 Å². The van der Waals surface area contributed by atoms with Crippen LogP contribution in [0.3, 0.4) is 0 Å². The summed E-state index contributed by atoms with van der Waals surface area (Å²) in [6, 6.07) is 7.22. The summed E-state index contributed by atoms with van der Waals surface area (Å²) in [4.78, 5) is 14.7. The van der Waals surface area contributed by atoms with Crippen LogP contribution in [0.5, 0.6) is 0 Å². The molecule has 4 heteroatoms. The van der Waals surface area contributed by atoms with Crippen LogP contribution in [0.4, 0.5) is 4.39 Å². The Bertz CT molecular complexity index is 595. The van der Waals surface area contributed by atoms with E-state index >= 15 is 0 Å². The molecule has 1 aliphatic carbocycles. The van der Waals surface area contributed by atoms with Gasteiger partial charge in [-0.15, -0.1) is 0 Å².